The number of hydrogen-bond donors (Lipinski definition) is 0. The average Bonchev–Trinajstić information content (AvgIpc) is 2.26. The topological polar surface area (TPSA) is 20.3 Å². The molecule has 1 saturated heterocycles. The highest BCUT2D eigenvalue weighted by Crippen LogP contribution is 2.33. The maximum atomic E-state index is 11.9. The van der Waals surface area contributed by atoms with Gasteiger partial charge in [0.25, 0.3) is 5.91 Å². The summed E-state index contributed by atoms with van der Waals surface area (Å²) in [4.78, 5) is 13.6. The molecule has 0 radical (unpaired) electrons. The quantitative estimate of drug-likeness (QED) is 0.747. The van der Waals surface area contributed by atoms with E-state index in [1.54, 1.807) is 4.90 Å². The summed E-state index contributed by atoms with van der Waals surface area (Å²) in [7, 11) is 0. The molecule has 86 valence electrons. The van der Waals surface area contributed by atoms with Crippen LogP contribution in [0.4, 0.5) is 0 Å². The zero-order chi connectivity index (χ0) is 11.6. The number of carbonyl (C=O) groups excluding carboxylic acids is 1. The number of halogens is 2. The standard InChI is InChI=1S/C12H13Cl2NO/c13-12(14)7-4-8-15(11(12)16)9-10-5-2-1-3-6-10/h1-3,5-6H,4,7-9H2. The first-order valence-electron chi connectivity index (χ1n) is 5.31. The van der Waals surface area contributed by atoms with Crippen molar-refractivity contribution in [3.8, 4) is 0 Å². The Labute approximate surface area is 105 Å². The molecule has 0 unspecified atom stereocenters. The Kier molecular flexibility index (Phi) is 3.41. The number of likely N-dealkylation sites (tertiary alicyclic amines) is 1. The van der Waals surface area contributed by atoms with Crippen LogP contribution in [0.15, 0.2) is 30.3 Å². The maximum absolute atomic E-state index is 11.9. The van der Waals surface area contributed by atoms with Crippen molar-refractivity contribution >= 4 is 29.1 Å². The van der Waals surface area contributed by atoms with E-state index in [1.165, 1.54) is 0 Å². The average molecular weight is 258 g/mol. The van der Waals surface area contributed by atoms with Crippen molar-refractivity contribution < 1.29 is 4.79 Å². The second-order valence-electron chi connectivity index (χ2n) is 4.02. The molecule has 0 aromatic heterocycles. The molecule has 2 nitrogen and oxygen atoms in total. The van der Waals surface area contributed by atoms with E-state index in [0.29, 0.717) is 13.0 Å². The van der Waals surface area contributed by atoms with Gasteiger partial charge in [0.2, 0.25) is 0 Å². The Morgan fingerprint density at radius 3 is 2.62 bits per heavy atom. The van der Waals surface area contributed by atoms with Crippen LogP contribution in [0.25, 0.3) is 0 Å². The minimum Gasteiger partial charge on any atom is -0.336 e. The van der Waals surface area contributed by atoms with Crippen LogP contribution in [-0.4, -0.2) is 21.7 Å². The molecule has 0 aliphatic carbocycles. The van der Waals surface area contributed by atoms with E-state index in [2.05, 4.69) is 0 Å². The van der Waals surface area contributed by atoms with Gasteiger partial charge in [0, 0.05) is 13.1 Å². The van der Waals surface area contributed by atoms with Gasteiger partial charge in [0.1, 0.15) is 0 Å². The van der Waals surface area contributed by atoms with Crippen molar-refractivity contribution in [2.75, 3.05) is 6.54 Å². The van der Waals surface area contributed by atoms with Crippen LogP contribution < -0.4 is 0 Å². The lowest BCUT2D eigenvalue weighted by molar-refractivity contribution is -0.134. The molecule has 2 rings (SSSR count). The van der Waals surface area contributed by atoms with E-state index in [9.17, 15) is 4.79 Å². The maximum Gasteiger partial charge on any atom is 0.259 e. The number of carbonyl (C=O) groups is 1. The summed E-state index contributed by atoms with van der Waals surface area (Å²) in [6, 6.07) is 9.85. The van der Waals surface area contributed by atoms with Crippen molar-refractivity contribution in [3.05, 3.63) is 35.9 Å². The molecule has 1 heterocycles. The van der Waals surface area contributed by atoms with Gasteiger partial charge in [0.15, 0.2) is 4.33 Å². The predicted octanol–water partition coefficient (Wildman–Crippen LogP) is 2.98. The summed E-state index contributed by atoms with van der Waals surface area (Å²) in [6.45, 7) is 1.32. The van der Waals surface area contributed by atoms with E-state index in [0.717, 1.165) is 18.5 Å². The van der Waals surface area contributed by atoms with Crippen molar-refractivity contribution in [2.45, 2.75) is 23.7 Å². The zero-order valence-electron chi connectivity index (χ0n) is 8.83. The van der Waals surface area contributed by atoms with E-state index >= 15 is 0 Å². The molecule has 1 aliphatic rings. The second-order valence-corrected chi connectivity index (χ2v) is 5.50. The molecule has 0 atom stereocenters. The van der Waals surface area contributed by atoms with Gasteiger partial charge in [-0.15, -0.1) is 0 Å². The molecular weight excluding hydrogens is 245 g/mol. The summed E-state index contributed by atoms with van der Waals surface area (Å²) in [5, 5.41) is 0. The fraction of sp³-hybridized carbons (Fsp3) is 0.417. The van der Waals surface area contributed by atoms with Gasteiger partial charge in [-0.1, -0.05) is 53.5 Å². The third-order valence-corrected chi connectivity index (χ3v) is 3.44. The van der Waals surface area contributed by atoms with Crippen LogP contribution in [0.3, 0.4) is 0 Å². The van der Waals surface area contributed by atoms with Crippen LogP contribution in [0, 0.1) is 0 Å². The Morgan fingerprint density at radius 1 is 1.25 bits per heavy atom. The number of amides is 1. The van der Waals surface area contributed by atoms with Gasteiger partial charge >= 0.3 is 0 Å². The van der Waals surface area contributed by atoms with Gasteiger partial charge in [-0.05, 0) is 18.4 Å². The summed E-state index contributed by atoms with van der Waals surface area (Å²) in [5.74, 6) is -0.175. The lowest BCUT2D eigenvalue weighted by Crippen LogP contribution is -2.46. The molecule has 16 heavy (non-hydrogen) atoms. The van der Waals surface area contributed by atoms with Gasteiger partial charge in [0.05, 0.1) is 0 Å². The summed E-state index contributed by atoms with van der Waals surface area (Å²) in [6.07, 6.45) is 1.39. The van der Waals surface area contributed by atoms with Gasteiger partial charge in [-0.25, -0.2) is 0 Å². The third kappa shape index (κ3) is 2.50. The molecule has 1 aliphatic heterocycles. The molecule has 1 aromatic carbocycles. The third-order valence-electron chi connectivity index (χ3n) is 2.74. The van der Waals surface area contributed by atoms with Crippen LogP contribution >= 0.6 is 23.2 Å². The first-order chi connectivity index (χ1) is 7.59. The molecular formula is C12H13Cl2NO. The van der Waals surface area contributed by atoms with E-state index < -0.39 is 4.33 Å². The fourth-order valence-corrected chi connectivity index (χ4v) is 2.39. The van der Waals surface area contributed by atoms with Crippen LogP contribution in [-0.2, 0) is 11.3 Å². The smallest absolute Gasteiger partial charge is 0.259 e. The minimum absolute atomic E-state index is 0.175. The molecule has 0 N–H and O–H groups in total. The first-order valence-corrected chi connectivity index (χ1v) is 6.06. The number of nitrogens with zero attached hydrogens (tertiary/aromatic N) is 1. The number of hydrogen-bond acceptors (Lipinski definition) is 1. The van der Waals surface area contributed by atoms with Gasteiger partial charge < -0.3 is 4.90 Å². The SMILES string of the molecule is O=C1N(Cc2ccccc2)CCCC1(Cl)Cl. The highest BCUT2D eigenvalue weighted by molar-refractivity contribution is 6.58. The summed E-state index contributed by atoms with van der Waals surface area (Å²) >= 11 is 11.9. The van der Waals surface area contributed by atoms with Crippen LogP contribution in [0.5, 0.6) is 0 Å². The molecule has 1 fully saturated rings. The van der Waals surface area contributed by atoms with Gasteiger partial charge in [-0.2, -0.15) is 0 Å². The Hall–Kier alpha value is -0.730. The number of alkyl halides is 2. The van der Waals surface area contributed by atoms with Crippen molar-refractivity contribution in [1.82, 2.24) is 4.90 Å². The molecule has 0 spiro atoms. The number of piperidine rings is 1. The lowest BCUT2D eigenvalue weighted by atomic mass is 10.1. The first kappa shape index (κ1) is 11.7. The fourth-order valence-electron chi connectivity index (χ4n) is 1.89. The van der Waals surface area contributed by atoms with Crippen LogP contribution in [0.2, 0.25) is 0 Å². The zero-order valence-corrected chi connectivity index (χ0v) is 10.3. The number of rotatable bonds is 2. The minimum atomic E-state index is -1.23. The van der Waals surface area contributed by atoms with E-state index in [4.69, 9.17) is 23.2 Å². The Morgan fingerprint density at radius 2 is 1.94 bits per heavy atom. The van der Waals surface area contributed by atoms with E-state index in [-0.39, 0.29) is 5.91 Å². The number of benzene rings is 1. The normalized spacial score (nSPS) is 19.9. The molecule has 4 heteroatoms. The molecule has 0 saturated carbocycles. The van der Waals surface area contributed by atoms with Gasteiger partial charge in [-0.3, -0.25) is 4.79 Å². The van der Waals surface area contributed by atoms with Crippen LogP contribution in [0.1, 0.15) is 18.4 Å². The van der Waals surface area contributed by atoms with Crippen molar-refractivity contribution in [3.63, 3.8) is 0 Å². The monoisotopic (exact) mass is 257 g/mol. The highest BCUT2D eigenvalue weighted by Gasteiger charge is 2.40. The Balaban J connectivity index is 2.08. The largest absolute Gasteiger partial charge is 0.336 e. The summed E-state index contributed by atoms with van der Waals surface area (Å²) < 4.78 is -1.23. The highest BCUT2D eigenvalue weighted by atomic mass is 35.5. The molecule has 0 bridgehead atoms. The van der Waals surface area contributed by atoms with Crippen molar-refractivity contribution in [2.24, 2.45) is 0 Å². The summed E-state index contributed by atoms with van der Waals surface area (Å²) in [5.41, 5.74) is 1.10. The van der Waals surface area contributed by atoms with E-state index in [1.807, 2.05) is 30.3 Å². The molecule has 1 aromatic rings. The Bertz CT molecular complexity index is 378. The lowest BCUT2D eigenvalue weighted by Gasteiger charge is -2.34. The molecule has 1 amide bonds. The van der Waals surface area contributed by atoms with Crippen molar-refractivity contribution in [1.29, 1.82) is 0 Å². The second kappa shape index (κ2) is 4.64. The predicted molar refractivity (Wildman–Crippen MR) is 65.5 cm³/mol.